The third-order valence-corrected chi connectivity index (χ3v) is 3.93. The molecule has 0 radical (unpaired) electrons. The molecule has 0 aliphatic heterocycles. The summed E-state index contributed by atoms with van der Waals surface area (Å²) in [4.78, 5) is 12.2. The molecular weight excluding hydrogens is 296 g/mol. The fraction of sp³-hybridized carbons (Fsp3) is 0.529. The monoisotopic (exact) mass is 320 g/mol. The van der Waals surface area contributed by atoms with Crippen LogP contribution >= 0.6 is 0 Å². The molecule has 0 saturated heterocycles. The predicted molar refractivity (Wildman–Crippen MR) is 84.9 cm³/mol. The summed E-state index contributed by atoms with van der Waals surface area (Å²) in [6, 6.07) is 3.30. The molecular formula is C17H24N2O4. The van der Waals surface area contributed by atoms with E-state index in [1.54, 1.807) is 12.1 Å². The number of carbonyl (C=O) groups is 1. The number of amides is 1. The highest BCUT2D eigenvalue weighted by Gasteiger charge is 2.21. The molecule has 6 nitrogen and oxygen atoms in total. The van der Waals surface area contributed by atoms with Crippen LogP contribution in [0.15, 0.2) is 27.3 Å². The van der Waals surface area contributed by atoms with Crippen molar-refractivity contribution in [3.8, 4) is 0 Å². The third-order valence-electron chi connectivity index (χ3n) is 3.93. The summed E-state index contributed by atoms with van der Waals surface area (Å²) in [5.74, 6) is 1.24. The van der Waals surface area contributed by atoms with E-state index < -0.39 is 6.10 Å². The molecule has 126 valence electrons. The van der Waals surface area contributed by atoms with Gasteiger partial charge in [-0.2, -0.15) is 0 Å². The summed E-state index contributed by atoms with van der Waals surface area (Å²) in [5.41, 5.74) is 1.81. The van der Waals surface area contributed by atoms with Gasteiger partial charge in [0, 0.05) is 24.4 Å². The van der Waals surface area contributed by atoms with Crippen LogP contribution in [0.5, 0.6) is 0 Å². The van der Waals surface area contributed by atoms with Crippen molar-refractivity contribution in [1.29, 1.82) is 0 Å². The minimum absolute atomic E-state index is 0.0310. The van der Waals surface area contributed by atoms with Gasteiger partial charge in [0.1, 0.15) is 17.6 Å². The van der Waals surface area contributed by atoms with Gasteiger partial charge < -0.3 is 19.4 Å². The lowest BCUT2D eigenvalue weighted by Gasteiger charge is -2.18. The van der Waals surface area contributed by atoms with Crippen LogP contribution in [0.2, 0.25) is 0 Å². The van der Waals surface area contributed by atoms with Gasteiger partial charge in [0.05, 0.1) is 12.0 Å². The molecule has 1 amide bonds. The maximum atomic E-state index is 12.2. The number of aliphatic hydroxyl groups excluding tert-OH is 1. The number of nitrogens with one attached hydrogen (secondary N) is 1. The van der Waals surface area contributed by atoms with Crippen molar-refractivity contribution < 1.29 is 18.8 Å². The van der Waals surface area contributed by atoms with Crippen LogP contribution in [0.3, 0.4) is 0 Å². The van der Waals surface area contributed by atoms with Crippen molar-refractivity contribution >= 4 is 5.91 Å². The maximum Gasteiger partial charge on any atom is 0.220 e. The Hall–Kier alpha value is -2.08. The summed E-state index contributed by atoms with van der Waals surface area (Å²) in [5, 5.41) is 16.9. The van der Waals surface area contributed by atoms with E-state index in [0.717, 1.165) is 17.0 Å². The van der Waals surface area contributed by atoms with E-state index in [0.29, 0.717) is 18.6 Å². The van der Waals surface area contributed by atoms with Gasteiger partial charge in [-0.3, -0.25) is 4.79 Å². The number of nitrogens with zero attached hydrogens (tertiary/aromatic N) is 1. The highest BCUT2D eigenvalue weighted by molar-refractivity contribution is 5.77. The zero-order chi connectivity index (χ0) is 17.0. The SMILES string of the molecule is Cc1noc(C)c1C(C)CC(=O)NC(C)CC(O)c1ccco1. The van der Waals surface area contributed by atoms with Crippen LogP contribution < -0.4 is 5.32 Å². The van der Waals surface area contributed by atoms with Crippen molar-refractivity contribution in [1.82, 2.24) is 10.5 Å². The molecule has 2 aromatic rings. The molecule has 23 heavy (non-hydrogen) atoms. The lowest BCUT2D eigenvalue weighted by Crippen LogP contribution is -2.34. The van der Waals surface area contributed by atoms with Gasteiger partial charge in [0.15, 0.2) is 0 Å². The van der Waals surface area contributed by atoms with Gasteiger partial charge in [0.2, 0.25) is 5.91 Å². The normalized spacial score (nSPS) is 15.2. The van der Waals surface area contributed by atoms with Gasteiger partial charge in [-0.25, -0.2) is 0 Å². The quantitative estimate of drug-likeness (QED) is 0.818. The van der Waals surface area contributed by atoms with E-state index in [2.05, 4.69) is 10.5 Å². The summed E-state index contributed by atoms with van der Waals surface area (Å²) in [6.45, 7) is 7.58. The molecule has 2 rings (SSSR count). The van der Waals surface area contributed by atoms with Crippen LogP contribution in [0.1, 0.15) is 61.5 Å². The van der Waals surface area contributed by atoms with Crippen LogP contribution in [0.4, 0.5) is 0 Å². The first-order chi connectivity index (χ1) is 10.9. The van der Waals surface area contributed by atoms with E-state index in [9.17, 15) is 9.90 Å². The Morgan fingerprint density at radius 1 is 1.39 bits per heavy atom. The Kier molecular flexibility index (Phi) is 5.60. The van der Waals surface area contributed by atoms with Crippen molar-refractivity contribution in [2.24, 2.45) is 0 Å². The number of furan rings is 1. The van der Waals surface area contributed by atoms with Crippen LogP contribution in [0, 0.1) is 13.8 Å². The second-order valence-corrected chi connectivity index (χ2v) is 6.08. The zero-order valence-electron chi connectivity index (χ0n) is 14.0. The van der Waals surface area contributed by atoms with E-state index in [-0.39, 0.29) is 17.9 Å². The van der Waals surface area contributed by atoms with Gasteiger partial charge in [-0.15, -0.1) is 0 Å². The fourth-order valence-electron chi connectivity index (χ4n) is 2.90. The Labute approximate surface area is 135 Å². The first kappa shape index (κ1) is 17.3. The molecule has 0 spiro atoms. The summed E-state index contributed by atoms with van der Waals surface area (Å²) in [7, 11) is 0. The molecule has 3 atom stereocenters. The van der Waals surface area contributed by atoms with E-state index in [1.165, 1.54) is 6.26 Å². The van der Waals surface area contributed by atoms with Gasteiger partial charge >= 0.3 is 0 Å². The fourth-order valence-corrected chi connectivity index (χ4v) is 2.90. The molecule has 6 heteroatoms. The summed E-state index contributed by atoms with van der Waals surface area (Å²) < 4.78 is 10.3. The number of hydrogen-bond acceptors (Lipinski definition) is 5. The Morgan fingerprint density at radius 2 is 2.13 bits per heavy atom. The molecule has 0 aromatic carbocycles. The number of carbonyl (C=O) groups excluding carboxylic acids is 1. The zero-order valence-corrected chi connectivity index (χ0v) is 14.0. The van der Waals surface area contributed by atoms with E-state index >= 15 is 0 Å². The molecule has 0 aliphatic carbocycles. The maximum absolute atomic E-state index is 12.2. The molecule has 0 saturated carbocycles. The number of hydrogen-bond donors (Lipinski definition) is 2. The topological polar surface area (TPSA) is 88.5 Å². The van der Waals surface area contributed by atoms with Gasteiger partial charge in [0.25, 0.3) is 0 Å². The van der Waals surface area contributed by atoms with Crippen molar-refractivity contribution in [3.05, 3.63) is 41.2 Å². The molecule has 2 aromatic heterocycles. The van der Waals surface area contributed by atoms with Crippen LogP contribution in [-0.2, 0) is 4.79 Å². The number of rotatable bonds is 7. The Balaban J connectivity index is 1.84. The molecule has 2 N–H and O–H groups in total. The lowest BCUT2D eigenvalue weighted by molar-refractivity contribution is -0.122. The predicted octanol–water partition coefficient (Wildman–Crippen LogP) is 3.01. The first-order valence-electron chi connectivity index (χ1n) is 7.82. The number of aromatic nitrogens is 1. The summed E-state index contributed by atoms with van der Waals surface area (Å²) >= 11 is 0. The second-order valence-electron chi connectivity index (χ2n) is 6.08. The molecule has 2 heterocycles. The number of aliphatic hydroxyl groups is 1. The average Bonchev–Trinajstić information content (AvgIpc) is 3.08. The highest BCUT2D eigenvalue weighted by atomic mass is 16.5. The van der Waals surface area contributed by atoms with E-state index in [4.69, 9.17) is 8.94 Å². The third kappa shape index (κ3) is 4.45. The summed E-state index contributed by atoms with van der Waals surface area (Å²) in [6.07, 6.45) is 1.55. The Bertz CT molecular complexity index is 614. The van der Waals surface area contributed by atoms with Crippen molar-refractivity contribution in [2.75, 3.05) is 0 Å². The standard InChI is InChI=1S/C17H24N2O4/c1-10(17-12(3)19-23-13(17)4)8-16(21)18-11(2)9-14(20)15-6-5-7-22-15/h5-7,10-11,14,20H,8-9H2,1-4H3,(H,18,21). The van der Waals surface area contributed by atoms with Crippen LogP contribution in [-0.4, -0.2) is 22.2 Å². The van der Waals surface area contributed by atoms with Gasteiger partial charge in [-0.1, -0.05) is 12.1 Å². The van der Waals surface area contributed by atoms with E-state index in [1.807, 2.05) is 27.7 Å². The van der Waals surface area contributed by atoms with Crippen molar-refractivity contribution in [3.63, 3.8) is 0 Å². The average molecular weight is 320 g/mol. The molecule has 0 fully saturated rings. The first-order valence-corrected chi connectivity index (χ1v) is 7.82. The lowest BCUT2D eigenvalue weighted by atomic mass is 9.95. The minimum atomic E-state index is -0.722. The van der Waals surface area contributed by atoms with Crippen molar-refractivity contribution in [2.45, 2.75) is 58.6 Å². The van der Waals surface area contributed by atoms with Crippen LogP contribution in [0.25, 0.3) is 0 Å². The highest BCUT2D eigenvalue weighted by Crippen LogP contribution is 2.26. The molecule has 3 unspecified atom stereocenters. The van der Waals surface area contributed by atoms with Gasteiger partial charge in [-0.05, 0) is 38.8 Å². The Morgan fingerprint density at radius 3 is 2.70 bits per heavy atom. The number of aryl methyl sites for hydroxylation is 2. The second kappa shape index (κ2) is 7.46. The minimum Gasteiger partial charge on any atom is -0.467 e. The molecule has 0 aliphatic rings. The largest absolute Gasteiger partial charge is 0.467 e. The molecule has 0 bridgehead atoms. The smallest absolute Gasteiger partial charge is 0.220 e.